The summed E-state index contributed by atoms with van der Waals surface area (Å²) in [4.78, 5) is 4.44. The number of aliphatic hydroxyl groups is 1. The van der Waals surface area contributed by atoms with E-state index in [0.717, 1.165) is 36.2 Å². The van der Waals surface area contributed by atoms with E-state index in [1.54, 1.807) is 20.3 Å². The van der Waals surface area contributed by atoms with Crippen molar-refractivity contribution < 1.29 is 23.2 Å². The molecule has 9 nitrogen and oxygen atoms in total. The highest BCUT2D eigenvalue weighted by molar-refractivity contribution is 7.94. The molecular weight excluding hydrogens is 545 g/mol. The molecule has 3 rings (SSSR count). The summed E-state index contributed by atoms with van der Waals surface area (Å²) in [6.45, 7) is 2.58. The van der Waals surface area contributed by atoms with Gasteiger partial charge in [-0.3, -0.25) is 5.41 Å². The molecule has 0 aromatic heterocycles. The van der Waals surface area contributed by atoms with Crippen molar-refractivity contribution in [1.29, 1.82) is 5.41 Å². The number of hydrogen-bond donors (Lipinski definition) is 4. The van der Waals surface area contributed by atoms with Gasteiger partial charge in [-0.2, -0.15) is 5.10 Å². The van der Waals surface area contributed by atoms with Crippen molar-refractivity contribution in [3.8, 4) is 5.75 Å². The van der Waals surface area contributed by atoms with Gasteiger partial charge >= 0.3 is 0 Å². The maximum atomic E-state index is 14.3. The maximum absolute atomic E-state index is 14.3. The van der Waals surface area contributed by atoms with Crippen molar-refractivity contribution in [3.05, 3.63) is 71.2 Å². The summed E-state index contributed by atoms with van der Waals surface area (Å²) in [5.41, 5.74) is 1.85. The van der Waals surface area contributed by atoms with Crippen LogP contribution in [-0.4, -0.2) is 47.9 Å². The summed E-state index contributed by atoms with van der Waals surface area (Å²) in [7, 11) is 1.59. The Balaban J connectivity index is 1.84. The van der Waals surface area contributed by atoms with Gasteiger partial charge in [0, 0.05) is 24.1 Å². The number of nitrogens with two attached hydrogens (primary N) is 1. The van der Waals surface area contributed by atoms with Gasteiger partial charge in [-0.05, 0) is 67.7 Å². The van der Waals surface area contributed by atoms with Crippen LogP contribution in [0, 0.1) is 17.1 Å². The van der Waals surface area contributed by atoms with Crippen LogP contribution in [0.15, 0.2) is 64.3 Å². The molecular formula is C27H33ClFN5O4S. The Bertz CT molecular complexity index is 1220. The van der Waals surface area contributed by atoms with Crippen LogP contribution in [0.25, 0.3) is 0 Å². The zero-order chi connectivity index (χ0) is 28.4. The summed E-state index contributed by atoms with van der Waals surface area (Å²) >= 11 is 6.91. The number of nitrogens with zero attached hydrogens (tertiary/aromatic N) is 2. The number of anilines is 1. The van der Waals surface area contributed by atoms with Crippen LogP contribution in [0.3, 0.4) is 0 Å². The molecule has 2 aromatic carbocycles. The van der Waals surface area contributed by atoms with Crippen LogP contribution in [0.2, 0.25) is 0 Å². The van der Waals surface area contributed by atoms with Crippen molar-refractivity contribution >= 4 is 46.1 Å². The van der Waals surface area contributed by atoms with Crippen LogP contribution in [0.1, 0.15) is 37.0 Å². The molecule has 1 saturated carbocycles. The Morgan fingerprint density at radius 3 is 2.62 bits per heavy atom. The second-order valence-electron chi connectivity index (χ2n) is 8.86. The van der Waals surface area contributed by atoms with Gasteiger partial charge in [-0.1, -0.05) is 23.7 Å². The minimum absolute atomic E-state index is 0.0471. The first kappa shape index (κ1) is 30.4. The quantitative estimate of drug-likeness (QED) is 0.0776. The van der Waals surface area contributed by atoms with E-state index in [1.165, 1.54) is 24.3 Å². The Labute approximate surface area is 237 Å². The zero-order valence-corrected chi connectivity index (χ0v) is 23.6. The second kappa shape index (κ2) is 14.9. The molecule has 1 aliphatic carbocycles. The highest BCUT2D eigenvalue weighted by atomic mass is 35.5. The summed E-state index contributed by atoms with van der Waals surface area (Å²) in [5.74, 6) is 6.45. The van der Waals surface area contributed by atoms with Crippen LogP contribution in [-0.2, 0) is 15.5 Å². The van der Waals surface area contributed by atoms with Gasteiger partial charge in [0.1, 0.15) is 22.8 Å². The number of allylic oxidation sites excluding steroid dienone is 1. The average Bonchev–Trinajstić information content (AvgIpc) is 3.76. The minimum Gasteiger partial charge on any atom is -0.497 e. The first-order valence-corrected chi connectivity index (χ1v) is 13.8. The van der Waals surface area contributed by atoms with E-state index in [4.69, 9.17) is 36.5 Å². The van der Waals surface area contributed by atoms with Crippen LogP contribution >= 0.6 is 23.6 Å². The number of hydrazone groups is 1. The molecule has 5 N–H and O–H groups in total. The molecule has 1 fully saturated rings. The first-order valence-electron chi connectivity index (χ1n) is 12.2. The molecule has 1 aliphatic rings. The lowest BCUT2D eigenvalue weighted by Crippen LogP contribution is -2.35. The first-order chi connectivity index (χ1) is 18.7. The van der Waals surface area contributed by atoms with E-state index in [0.29, 0.717) is 23.7 Å². The lowest BCUT2D eigenvalue weighted by atomic mass is 10.1. The molecule has 39 heavy (non-hydrogen) atoms. The largest absolute Gasteiger partial charge is 0.497 e. The normalized spacial score (nSPS) is 16.0. The fraction of sp³-hybridized carbons (Fsp3) is 0.370. The van der Waals surface area contributed by atoms with E-state index in [9.17, 15) is 9.50 Å². The second-order valence-corrected chi connectivity index (χ2v) is 9.77. The average molecular weight is 578 g/mol. The van der Waals surface area contributed by atoms with Crippen molar-refractivity contribution in [3.63, 3.8) is 0 Å². The third-order valence-electron chi connectivity index (χ3n) is 5.94. The smallest absolute Gasteiger partial charge is 0.249 e. The number of methoxy groups -OCH3 is 1. The highest BCUT2D eigenvalue weighted by Crippen LogP contribution is 2.30. The summed E-state index contributed by atoms with van der Waals surface area (Å²) in [6.07, 6.45) is 3.05. The van der Waals surface area contributed by atoms with Gasteiger partial charge in [0.25, 0.3) is 0 Å². The molecule has 0 spiro atoms. The topological polar surface area (TPSA) is 135 Å². The third kappa shape index (κ3) is 9.24. The van der Waals surface area contributed by atoms with Crippen LogP contribution < -0.4 is 15.9 Å². The number of benzene rings is 2. The number of ether oxygens (including phenoxy) is 2. The van der Waals surface area contributed by atoms with E-state index >= 15 is 0 Å². The molecule has 2 aromatic rings. The molecule has 0 bridgehead atoms. The SMILES string of the molecule is COc1ccc(CO[C@H](C)c2cc(F)ccc2N/C(=C\C(=N)Cl)C(O)C(=NN)C(=NCC2CC2)OSC)cc1. The van der Waals surface area contributed by atoms with Crippen LogP contribution in [0.4, 0.5) is 10.1 Å². The van der Waals surface area contributed by atoms with Crippen molar-refractivity contribution in [2.45, 2.75) is 38.6 Å². The van der Waals surface area contributed by atoms with Gasteiger partial charge < -0.3 is 29.9 Å². The van der Waals surface area contributed by atoms with E-state index in [1.807, 2.05) is 24.3 Å². The van der Waals surface area contributed by atoms with Gasteiger partial charge in [0.15, 0.2) is 5.71 Å². The predicted octanol–water partition coefficient (Wildman–Crippen LogP) is 5.40. The molecule has 0 aliphatic heterocycles. The summed E-state index contributed by atoms with van der Waals surface area (Å²) < 4.78 is 31.0. The van der Waals surface area contributed by atoms with E-state index in [2.05, 4.69) is 15.4 Å². The summed E-state index contributed by atoms with van der Waals surface area (Å²) in [5, 5.41) is 25.5. The fourth-order valence-electron chi connectivity index (χ4n) is 3.62. The number of aliphatic imine (C=N–C) groups is 1. The van der Waals surface area contributed by atoms with E-state index < -0.39 is 18.0 Å². The number of halogens is 2. The molecule has 2 atom stereocenters. The molecule has 1 unspecified atom stereocenters. The monoisotopic (exact) mass is 577 g/mol. The van der Waals surface area contributed by atoms with Gasteiger partial charge in [0.05, 0.1) is 37.6 Å². The van der Waals surface area contributed by atoms with Crippen molar-refractivity contribution in [2.24, 2.45) is 21.9 Å². The molecule has 210 valence electrons. The lowest BCUT2D eigenvalue weighted by molar-refractivity contribution is 0.0528. The van der Waals surface area contributed by atoms with Crippen molar-refractivity contribution in [1.82, 2.24) is 0 Å². The standard InChI is InChI=1S/C27H33ClFN5O4S/c1-16(37-15-18-6-9-20(36-2)10-7-18)21-12-19(29)8-11-22(21)33-23(13-24(28)30)26(35)25(34-31)27(38-39-3)32-14-17-4-5-17/h6-13,16-17,26,30,33,35H,4-5,14-15,31H2,1-3H3/b23-13-,30-24?,32-27?,34-25?/t16-,26?/m1/s1. The Morgan fingerprint density at radius 2 is 2.03 bits per heavy atom. The molecule has 0 amide bonds. The molecule has 12 heteroatoms. The molecule has 0 heterocycles. The molecule has 0 radical (unpaired) electrons. The zero-order valence-electron chi connectivity index (χ0n) is 22.0. The number of rotatable bonds is 14. The maximum Gasteiger partial charge on any atom is 0.249 e. The Kier molecular flexibility index (Phi) is 11.6. The molecule has 0 saturated heterocycles. The number of hydrogen-bond acceptors (Lipinski definition) is 10. The van der Waals surface area contributed by atoms with E-state index in [-0.39, 0.29) is 29.1 Å². The number of nitrogens with one attached hydrogen (secondary N) is 2. The summed E-state index contributed by atoms with van der Waals surface area (Å²) in [6, 6.07) is 11.5. The van der Waals surface area contributed by atoms with Crippen LogP contribution in [0.5, 0.6) is 5.75 Å². The Hall–Kier alpha value is -3.12. The minimum atomic E-state index is -1.48. The number of aliphatic hydroxyl groups excluding tert-OH is 1. The highest BCUT2D eigenvalue weighted by Gasteiger charge is 2.28. The Morgan fingerprint density at radius 1 is 1.31 bits per heavy atom. The lowest BCUT2D eigenvalue weighted by Gasteiger charge is -2.23. The van der Waals surface area contributed by atoms with Gasteiger partial charge in [-0.25, -0.2) is 9.38 Å². The van der Waals surface area contributed by atoms with Gasteiger partial charge in [-0.15, -0.1) is 0 Å². The van der Waals surface area contributed by atoms with Gasteiger partial charge in [0.2, 0.25) is 5.90 Å². The van der Waals surface area contributed by atoms with Crippen molar-refractivity contribution in [2.75, 3.05) is 25.2 Å². The predicted molar refractivity (Wildman–Crippen MR) is 155 cm³/mol. The fourth-order valence-corrected chi connectivity index (χ4v) is 4.04. The third-order valence-corrected chi connectivity index (χ3v) is 6.37.